The van der Waals surface area contributed by atoms with E-state index >= 15 is 0 Å². The van der Waals surface area contributed by atoms with Gasteiger partial charge >= 0.3 is 0 Å². The summed E-state index contributed by atoms with van der Waals surface area (Å²) in [5, 5.41) is 0. The number of hydrogen-bond donors (Lipinski definition) is 0. The first-order valence-electron chi connectivity index (χ1n) is 10.8. The Kier molecular flexibility index (Phi) is 6.08. The van der Waals surface area contributed by atoms with Crippen molar-refractivity contribution in [1.82, 2.24) is 9.21 Å². The number of amides is 1. The number of hydrogen-bond acceptors (Lipinski definition) is 4. The molecule has 2 aromatic carbocycles. The van der Waals surface area contributed by atoms with Crippen LogP contribution in [0.25, 0.3) is 0 Å². The highest BCUT2D eigenvalue weighted by atomic mass is 32.2. The number of ether oxygens (including phenoxy) is 1. The predicted octanol–water partition coefficient (Wildman–Crippen LogP) is 3.25. The molecule has 1 fully saturated rings. The lowest BCUT2D eigenvalue weighted by atomic mass is 9.78. The van der Waals surface area contributed by atoms with Crippen LogP contribution in [0.5, 0.6) is 5.75 Å². The van der Waals surface area contributed by atoms with E-state index in [4.69, 9.17) is 4.74 Å². The van der Waals surface area contributed by atoms with Crippen LogP contribution in [-0.2, 0) is 21.2 Å². The molecule has 0 aromatic heterocycles. The predicted molar refractivity (Wildman–Crippen MR) is 119 cm³/mol. The summed E-state index contributed by atoms with van der Waals surface area (Å²) >= 11 is 0. The number of sulfonamides is 1. The molecule has 0 atom stereocenters. The molecular formula is C24H30N2O4S. The van der Waals surface area contributed by atoms with Gasteiger partial charge in [0.15, 0.2) is 0 Å². The second-order valence-corrected chi connectivity index (χ2v) is 10.8. The van der Waals surface area contributed by atoms with Crippen LogP contribution in [0.15, 0.2) is 53.4 Å². The fourth-order valence-corrected chi connectivity index (χ4v) is 6.02. The molecule has 0 unspecified atom stereocenters. The molecule has 1 spiro atoms. The van der Waals surface area contributed by atoms with Gasteiger partial charge < -0.3 is 9.64 Å². The summed E-state index contributed by atoms with van der Waals surface area (Å²) in [5.41, 5.74) is 2.13. The van der Waals surface area contributed by atoms with Crippen LogP contribution >= 0.6 is 0 Å². The molecule has 4 rings (SSSR count). The number of aryl methyl sites for hydroxylation is 2. The Morgan fingerprint density at radius 3 is 2.48 bits per heavy atom. The van der Waals surface area contributed by atoms with Crippen molar-refractivity contribution in [1.29, 1.82) is 0 Å². The number of fused-ring (bicyclic) bond motifs is 1. The Bertz CT molecular complexity index is 1060. The number of likely N-dealkylation sites (tertiary alicyclic amines) is 1. The molecule has 2 aliphatic heterocycles. The fraction of sp³-hybridized carbons (Fsp3) is 0.458. The van der Waals surface area contributed by atoms with Gasteiger partial charge in [-0.05, 0) is 49.4 Å². The third-order valence-electron chi connectivity index (χ3n) is 6.68. The monoisotopic (exact) mass is 442 g/mol. The molecule has 0 radical (unpaired) electrons. The van der Waals surface area contributed by atoms with Crippen molar-refractivity contribution >= 4 is 15.9 Å². The largest absolute Gasteiger partial charge is 0.492 e. The molecule has 2 aliphatic rings. The third kappa shape index (κ3) is 4.48. The molecular weight excluding hydrogens is 412 g/mol. The summed E-state index contributed by atoms with van der Waals surface area (Å²) < 4.78 is 33.5. The number of carbonyl (C=O) groups excluding carboxylic acids is 1. The molecule has 6 nitrogen and oxygen atoms in total. The Labute approximate surface area is 184 Å². The van der Waals surface area contributed by atoms with Crippen LogP contribution < -0.4 is 4.74 Å². The van der Waals surface area contributed by atoms with E-state index in [-0.39, 0.29) is 16.2 Å². The van der Waals surface area contributed by atoms with E-state index in [1.54, 1.807) is 31.3 Å². The van der Waals surface area contributed by atoms with Crippen molar-refractivity contribution in [3.63, 3.8) is 0 Å². The van der Waals surface area contributed by atoms with Crippen molar-refractivity contribution < 1.29 is 17.9 Å². The standard InChI is InChI=1S/C24H30N2O4S/c1-19-7-3-4-8-20(19)11-12-23(27)26-15-13-24(14-16-26)17-25(2)31(28,29)22-10-6-5-9-21(22)30-18-24/h3-10H,11-18H2,1-2H3. The van der Waals surface area contributed by atoms with E-state index in [1.807, 2.05) is 17.0 Å². The highest BCUT2D eigenvalue weighted by molar-refractivity contribution is 7.89. The molecule has 0 bridgehead atoms. The van der Waals surface area contributed by atoms with Gasteiger partial charge in [-0.1, -0.05) is 36.4 Å². The highest BCUT2D eigenvalue weighted by Crippen LogP contribution is 2.38. The van der Waals surface area contributed by atoms with E-state index in [1.165, 1.54) is 15.4 Å². The van der Waals surface area contributed by atoms with Crippen LogP contribution in [0, 0.1) is 12.3 Å². The summed E-state index contributed by atoms with van der Waals surface area (Å²) in [5.74, 6) is 0.571. The summed E-state index contributed by atoms with van der Waals surface area (Å²) in [6, 6.07) is 15.0. The van der Waals surface area contributed by atoms with Crippen molar-refractivity contribution in [2.45, 2.75) is 37.5 Å². The van der Waals surface area contributed by atoms with Crippen LogP contribution in [0.4, 0.5) is 0 Å². The van der Waals surface area contributed by atoms with Gasteiger partial charge in [0.25, 0.3) is 0 Å². The van der Waals surface area contributed by atoms with Crippen LogP contribution in [-0.4, -0.2) is 56.8 Å². The average Bonchev–Trinajstić information content (AvgIpc) is 2.77. The van der Waals surface area contributed by atoms with Gasteiger partial charge in [0.2, 0.25) is 15.9 Å². The quantitative estimate of drug-likeness (QED) is 0.732. The first-order chi connectivity index (χ1) is 14.8. The SMILES string of the molecule is Cc1ccccc1CCC(=O)N1CCC2(CC1)COc1ccccc1S(=O)(=O)N(C)C2. The zero-order valence-electron chi connectivity index (χ0n) is 18.2. The van der Waals surface area contributed by atoms with Crippen LogP contribution in [0.3, 0.4) is 0 Å². The van der Waals surface area contributed by atoms with E-state index in [9.17, 15) is 13.2 Å². The maximum absolute atomic E-state index is 13.0. The zero-order valence-corrected chi connectivity index (χ0v) is 19.0. The number of piperidine rings is 1. The lowest BCUT2D eigenvalue weighted by Crippen LogP contribution is -2.51. The van der Waals surface area contributed by atoms with Gasteiger partial charge in [0.05, 0.1) is 6.61 Å². The summed E-state index contributed by atoms with van der Waals surface area (Å²) in [6.45, 7) is 4.18. The molecule has 0 N–H and O–H groups in total. The maximum Gasteiger partial charge on any atom is 0.246 e. The number of para-hydroxylation sites is 1. The minimum absolute atomic E-state index is 0.163. The number of nitrogens with zero attached hydrogens (tertiary/aromatic N) is 2. The lowest BCUT2D eigenvalue weighted by Gasteiger charge is -2.44. The second kappa shape index (κ2) is 8.63. The molecule has 1 amide bonds. The minimum Gasteiger partial charge on any atom is -0.492 e. The van der Waals surface area contributed by atoms with Crippen LogP contribution in [0.2, 0.25) is 0 Å². The Balaban J connectivity index is 1.41. The van der Waals surface area contributed by atoms with Crippen molar-refractivity contribution in [3.8, 4) is 5.75 Å². The third-order valence-corrected chi connectivity index (χ3v) is 8.52. The summed E-state index contributed by atoms with van der Waals surface area (Å²) in [7, 11) is -1.96. The van der Waals surface area contributed by atoms with E-state index in [2.05, 4.69) is 19.1 Å². The second-order valence-electron chi connectivity index (χ2n) is 8.80. The van der Waals surface area contributed by atoms with Gasteiger partial charge in [-0.2, -0.15) is 0 Å². The lowest BCUT2D eigenvalue weighted by molar-refractivity contribution is -0.134. The van der Waals surface area contributed by atoms with Gasteiger partial charge in [-0.25, -0.2) is 12.7 Å². The molecule has 31 heavy (non-hydrogen) atoms. The molecule has 7 heteroatoms. The maximum atomic E-state index is 13.0. The van der Waals surface area contributed by atoms with E-state index in [0.717, 1.165) is 19.3 Å². The Morgan fingerprint density at radius 2 is 1.74 bits per heavy atom. The minimum atomic E-state index is -3.60. The van der Waals surface area contributed by atoms with Crippen molar-refractivity contribution in [3.05, 3.63) is 59.7 Å². The topological polar surface area (TPSA) is 66.9 Å². The molecule has 1 saturated heterocycles. The van der Waals surface area contributed by atoms with Crippen LogP contribution in [0.1, 0.15) is 30.4 Å². The smallest absolute Gasteiger partial charge is 0.246 e. The molecule has 166 valence electrons. The van der Waals surface area contributed by atoms with Gasteiger partial charge in [-0.3, -0.25) is 4.79 Å². The van der Waals surface area contributed by atoms with Gasteiger partial charge in [-0.15, -0.1) is 0 Å². The van der Waals surface area contributed by atoms with Gasteiger partial charge in [0, 0.05) is 38.5 Å². The normalized spacial score (nSPS) is 20.4. The summed E-state index contributed by atoms with van der Waals surface area (Å²) in [6.07, 6.45) is 2.69. The van der Waals surface area contributed by atoms with Crippen molar-refractivity contribution in [2.24, 2.45) is 5.41 Å². The fourth-order valence-electron chi connectivity index (χ4n) is 4.61. The van der Waals surface area contributed by atoms with E-state index < -0.39 is 10.0 Å². The van der Waals surface area contributed by atoms with Crippen molar-refractivity contribution in [2.75, 3.05) is 33.3 Å². The average molecular weight is 443 g/mol. The molecule has 2 heterocycles. The molecule has 2 aromatic rings. The first kappa shape index (κ1) is 21.8. The molecule has 0 aliphatic carbocycles. The molecule has 0 saturated carbocycles. The zero-order chi connectivity index (χ0) is 22.1. The van der Waals surface area contributed by atoms with Gasteiger partial charge in [0.1, 0.15) is 10.6 Å². The Hall–Kier alpha value is -2.38. The summed E-state index contributed by atoms with van der Waals surface area (Å²) in [4.78, 5) is 14.9. The number of carbonyl (C=O) groups is 1. The van der Waals surface area contributed by atoms with E-state index in [0.29, 0.717) is 38.4 Å². The first-order valence-corrected chi connectivity index (χ1v) is 12.3. The highest BCUT2D eigenvalue weighted by Gasteiger charge is 2.42. The Morgan fingerprint density at radius 1 is 1.06 bits per heavy atom. The number of rotatable bonds is 3. The number of benzene rings is 2.